The summed E-state index contributed by atoms with van der Waals surface area (Å²) in [7, 11) is 1.70. The van der Waals surface area contributed by atoms with Crippen LogP contribution in [-0.4, -0.2) is 31.0 Å². The van der Waals surface area contributed by atoms with Gasteiger partial charge < -0.3 is 15.0 Å². The fourth-order valence-corrected chi connectivity index (χ4v) is 4.23. The van der Waals surface area contributed by atoms with E-state index in [9.17, 15) is 9.59 Å². The highest BCUT2D eigenvalue weighted by Gasteiger charge is 2.23. The Morgan fingerprint density at radius 2 is 1.80 bits per heavy atom. The highest BCUT2D eigenvalue weighted by atomic mass is 79.9. The number of para-hydroxylation sites is 1. The molecule has 2 aromatic carbocycles. The number of rotatable bonds is 6. The molecule has 0 spiro atoms. The number of ether oxygens (including phenoxy) is 1. The maximum atomic E-state index is 13.1. The van der Waals surface area contributed by atoms with Gasteiger partial charge in [-0.05, 0) is 73.0 Å². The van der Waals surface area contributed by atoms with E-state index in [0.29, 0.717) is 22.6 Å². The molecule has 0 aromatic heterocycles. The van der Waals surface area contributed by atoms with Crippen molar-refractivity contribution in [1.29, 1.82) is 0 Å². The van der Waals surface area contributed by atoms with E-state index >= 15 is 0 Å². The van der Waals surface area contributed by atoms with Gasteiger partial charge in [0.25, 0.3) is 11.8 Å². The largest absolute Gasteiger partial charge is 0.490 e. The molecule has 0 radical (unpaired) electrons. The van der Waals surface area contributed by atoms with E-state index < -0.39 is 0 Å². The molecule has 1 aliphatic carbocycles. The van der Waals surface area contributed by atoms with Crippen molar-refractivity contribution in [1.82, 2.24) is 5.32 Å². The van der Waals surface area contributed by atoms with E-state index in [1.54, 1.807) is 37.4 Å². The molecule has 1 N–H and O–H groups in total. The second-order valence-electron chi connectivity index (χ2n) is 8.00. The lowest BCUT2D eigenvalue weighted by atomic mass is 9.95. The zero-order chi connectivity index (χ0) is 21.7. The predicted molar refractivity (Wildman–Crippen MR) is 123 cm³/mol. The number of anilines is 1. The van der Waals surface area contributed by atoms with Crippen molar-refractivity contribution in [3.8, 4) is 5.75 Å². The van der Waals surface area contributed by atoms with Gasteiger partial charge in [-0.3, -0.25) is 9.59 Å². The van der Waals surface area contributed by atoms with Crippen LogP contribution in [0.1, 0.15) is 66.7 Å². The molecule has 0 bridgehead atoms. The van der Waals surface area contributed by atoms with Crippen molar-refractivity contribution in [2.24, 2.45) is 0 Å². The summed E-state index contributed by atoms with van der Waals surface area (Å²) in [6, 6.07) is 12.7. The highest BCUT2D eigenvalue weighted by molar-refractivity contribution is 9.10. The molecule has 0 heterocycles. The lowest BCUT2D eigenvalue weighted by molar-refractivity contribution is 0.0928. The predicted octanol–water partition coefficient (Wildman–Crippen LogP) is 5.58. The number of carbonyl (C=O) groups excluding carboxylic acids is 2. The van der Waals surface area contributed by atoms with E-state index in [0.717, 1.165) is 30.2 Å². The van der Waals surface area contributed by atoms with Crippen LogP contribution in [0.5, 0.6) is 5.75 Å². The van der Waals surface area contributed by atoms with Crippen molar-refractivity contribution in [3.63, 3.8) is 0 Å². The van der Waals surface area contributed by atoms with Crippen LogP contribution in [0.15, 0.2) is 46.9 Å². The van der Waals surface area contributed by atoms with Gasteiger partial charge in [0, 0.05) is 18.7 Å². The molecule has 30 heavy (non-hydrogen) atoms. The summed E-state index contributed by atoms with van der Waals surface area (Å²) in [5, 5.41) is 3.14. The first-order valence-corrected chi connectivity index (χ1v) is 11.3. The van der Waals surface area contributed by atoms with Crippen LogP contribution < -0.4 is 15.0 Å². The molecular weight excluding hydrogens is 444 g/mol. The van der Waals surface area contributed by atoms with E-state index in [4.69, 9.17) is 4.74 Å². The molecule has 1 aliphatic rings. The van der Waals surface area contributed by atoms with Gasteiger partial charge in [-0.1, -0.05) is 31.4 Å². The first-order valence-electron chi connectivity index (χ1n) is 10.5. The van der Waals surface area contributed by atoms with Crippen molar-refractivity contribution >= 4 is 33.4 Å². The summed E-state index contributed by atoms with van der Waals surface area (Å²) in [5.74, 6) is 0.375. The molecule has 5 nitrogen and oxygen atoms in total. The Balaban J connectivity index is 1.79. The molecule has 0 saturated heterocycles. The Labute approximate surface area is 186 Å². The van der Waals surface area contributed by atoms with Gasteiger partial charge in [0.2, 0.25) is 0 Å². The Bertz CT molecular complexity index is 907. The van der Waals surface area contributed by atoms with Gasteiger partial charge in [-0.25, -0.2) is 0 Å². The van der Waals surface area contributed by atoms with E-state index in [-0.39, 0.29) is 24.0 Å². The summed E-state index contributed by atoms with van der Waals surface area (Å²) in [6.45, 7) is 3.91. The molecule has 0 unspecified atom stereocenters. The molecule has 6 heteroatoms. The van der Waals surface area contributed by atoms with Crippen LogP contribution in [0.3, 0.4) is 0 Å². The summed E-state index contributed by atoms with van der Waals surface area (Å²) >= 11 is 3.48. The lowest BCUT2D eigenvalue weighted by Crippen LogP contribution is -2.37. The number of nitrogens with zero attached hydrogens (tertiary/aromatic N) is 1. The maximum absolute atomic E-state index is 13.1. The fraction of sp³-hybridized carbons (Fsp3) is 0.417. The third-order valence-electron chi connectivity index (χ3n) is 5.30. The van der Waals surface area contributed by atoms with Crippen molar-refractivity contribution in [2.45, 2.75) is 58.1 Å². The van der Waals surface area contributed by atoms with Gasteiger partial charge in [-0.2, -0.15) is 0 Å². The Hall–Kier alpha value is -2.34. The maximum Gasteiger partial charge on any atom is 0.258 e. The van der Waals surface area contributed by atoms with Gasteiger partial charge in [0.15, 0.2) is 0 Å². The molecule has 1 fully saturated rings. The van der Waals surface area contributed by atoms with Gasteiger partial charge in [0.05, 0.1) is 21.8 Å². The molecule has 1 saturated carbocycles. The monoisotopic (exact) mass is 472 g/mol. The first-order chi connectivity index (χ1) is 14.4. The third-order valence-corrected chi connectivity index (χ3v) is 5.92. The van der Waals surface area contributed by atoms with Crippen molar-refractivity contribution < 1.29 is 14.3 Å². The standard InChI is InChI=1S/C24H29BrN2O3/c1-16(2)30-22-14-13-17(15-20(22)25)24(29)27(3)21-12-8-7-11-19(21)23(28)26-18-9-5-4-6-10-18/h7-8,11-16,18H,4-6,9-10H2,1-3H3,(H,26,28). The number of hydrogen-bond acceptors (Lipinski definition) is 3. The lowest BCUT2D eigenvalue weighted by Gasteiger charge is -2.25. The number of carbonyl (C=O) groups is 2. The van der Waals surface area contributed by atoms with Crippen LogP contribution in [-0.2, 0) is 0 Å². The van der Waals surface area contributed by atoms with E-state index in [2.05, 4.69) is 21.2 Å². The number of benzene rings is 2. The molecule has 3 rings (SSSR count). The normalized spacial score (nSPS) is 14.4. The van der Waals surface area contributed by atoms with Crippen molar-refractivity contribution in [2.75, 3.05) is 11.9 Å². The first kappa shape index (κ1) is 22.3. The quantitative estimate of drug-likeness (QED) is 0.597. The van der Waals surface area contributed by atoms with Crippen molar-refractivity contribution in [3.05, 3.63) is 58.1 Å². The van der Waals surface area contributed by atoms with Gasteiger partial charge in [-0.15, -0.1) is 0 Å². The summed E-state index contributed by atoms with van der Waals surface area (Å²) < 4.78 is 6.44. The van der Waals surface area contributed by atoms with Crippen LogP contribution in [0.2, 0.25) is 0 Å². The average Bonchev–Trinajstić information content (AvgIpc) is 2.74. The second kappa shape index (κ2) is 10.1. The topological polar surface area (TPSA) is 58.6 Å². The smallest absolute Gasteiger partial charge is 0.258 e. The van der Waals surface area contributed by atoms with Crippen LogP contribution in [0.25, 0.3) is 0 Å². The Morgan fingerprint density at radius 1 is 1.10 bits per heavy atom. The minimum Gasteiger partial charge on any atom is -0.490 e. The van der Waals surface area contributed by atoms with Crippen LogP contribution in [0, 0.1) is 0 Å². The average molecular weight is 473 g/mol. The molecule has 2 amide bonds. The molecule has 0 aliphatic heterocycles. The SMILES string of the molecule is CC(C)Oc1ccc(C(=O)N(C)c2ccccc2C(=O)NC2CCCCC2)cc1Br. The van der Waals surface area contributed by atoms with Crippen LogP contribution >= 0.6 is 15.9 Å². The zero-order valence-electron chi connectivity index (χ0n) is 17.8. The summed E-state index contributed by atoms with van der Waals surface area (Å²) in [5.41, 5.74) is 1.62. The fourth-order valence-electron chi connectivity index (χ4n) is 3.75. The number of amides is 2. The van der Waals surface area contributed by atoms with E-state index in [1.165, 1.54) is 11.3 Å². The van der Waals surface area contributed by atoms with Gasteiger partial charge in [0.1, 0.15) is 5.75 Å². The second-order valence-corrected chi connectivity index (χ2v) is 8.86. The molecule has 0 atom stereocenters. The van der Waals surface area contributed by atoms with E-state index in [1.807, 2.05) is 26.0 Å². The molecular formula is C24H29BrN2O3. The Morgan fingerprint density at radius 3 is 2.47 bits per heavy atom. The Kier molecular flexibility index (Phi) is 7.53. The zero-order valence-corrected chi connectivity index (χ0v) is 19.4. The van der Waals surface area contributed by atoms with Gasteiger partial charge >= 0.3 is 0 Å². The highest BCUT2D eigenvalue weighted by Crippen LogP contribution is 2.29. The number of nitrogens with one attached hydrogen (secondary N) is 1. The van der Waals surface area contributed by atoms with Crippen LogP contribution in [0.4, 0.5) is 5.69 Å². The summed E-state index contributed by atoms with van der Waals surface area (Å²) in [4.78, 5) is 27.6. The summed E-state index contributed by atoms with van der Waals surface area (Å²) in [6.07, 6.45) is 5.60. The minimum absolute atomic E-state index is 0.0417. The minimum atomic E-state index is -0.190. The third kappa shape index (κ3) is 5.42. The number of halogens is 1. The molecule has 2 aromatic rings. The molecule has 160 valence electrons. The number of hydrogen-bond donors (Lipinski definition) is 1.